The predicted octanol–water partition coefficient (Wildman–Crippen LogP) is 3.39. The Hall–Kier alpha value is -2.34. The van der Waals surface area contributed by atoms with E-state index < -0.39 is 0 Å². The minimum atomic E-state index is -0.305. The van der Waals surface area contributed by atoms with E-state index in [1.165, 1.54) is 29.3 Å². The lowest BCUT2D eigenvalue weighted by atomic mass is 9.93. The third-order valence-electron chi connectivity index (χ3n) is 4.00. The van der Waals surface area contributed by atoms with Crippen LogP contribution in [0.1, 0.15) is 12.0 Å². The van der Waals surface area contributed by atoms with Crippen molar-refractivity contribution < 1.29 is 14.3 Å². The smallest absolute Gasteiger partial charge is 0.248 e. The van der Waals surface area contributed by atoms with E-state index in [-0.39, 0.29) is 23.4 Å². The molecule has 2 aliphatic heterocycles. The summed E-state index contributed by atoms with van der Waals surface area (Å²) in [5, 5.41) is 15.2. The lowest BCUT2D eigenvalue weighted by Gasteiger charge is -2.33. The molecule has 23 heavy (non-hydrogen) atoms. The Bertz CT molecular complexity index is 820. The summed E-state index contributed by atoms with van der Waals surface area (Å²) in [5.41, 5.74) is 2.11. The van der Waals surface area contributed by atoms with E-state index in [2.05, 4.69) is 5.10 Å². The number of halogens is 1. The van der Waals surface area contributed by atoms with E-state index in [4.69, 9.17) is 0 Å². The van der Waals surface area contributed by atoms with Crippen LogP contribution in [-0.4, -0.2) is 22.5 Å². The molecule has 0 saturated heterocycles. The number of nitrogens with zero attached hydrogens (tertiary/aromatic N) is 2. The van der Waals surface area contributed by atoms with Gasteiger partial charge in [0.15, 0.2) is 0 Å². The zero-order valence-electron chi connectivity index (χ0n) is 12.1. The van der Waals surface area contributed by atoms with Crippen LogP contribution in [0.15, 0.2) is 52.5 Å². The van der Waals surface area contributed by atoms with Gasteiger partial charge in [0, 0.05) is 28.6 Å². The molecule has 0 spiro atoms. The van der Waals surface area contributed by atoms with Crippen LogP contribution < -0.4 is 5.01 Å². The number of benzene rings is 2. The number of phenols is 1. The van der Waals surface area contributed by atoms with Gasteiger partial charge in [-0.2, -0.15) is 5.10 Å². The number of hydrogen-bond donors (Lipinski definition) is 1. The van der Waals surface area contributed by atoms with Gasteiger partial charge in [-0.3, -0.25) is 4.79 Å². The number of rotatable bonds is 1. The van der Waals surface area contributed by atoms with Gasteiger partial charge in [-0.15, -0.1) is 11.8 Å². The Labute approximate surface area is 136 Å². The van der Waals surface area contributed by atoms with Crippen molar-refractivity contribution in [1.82, 2.24) is 0 Å². The summed E-state index contributed by atoms with van der Waals surface area (Å²) in [6.45, 7) is 0. The molecule has 0 radical (unpaired) electrons. The highest BCUT2D eigenvalue weighted by molar-refractivity contribution is 7.99. The molecule has 0 bridgehead atoms. The Morgan fingerprint density at radius 1 is 1.22 bits per heavy atom. The second kappa shape index (κ2) is 5.38. The molecule has 1 amide bonds. The monoisotopic (exact) mass is 328 g/mol. The minimum absolute atomic E-state index is 0.00941. The molecule has 4 rings (SSSR count). The predicted molar refractivity (Wildman–Crippen MR) is 87.4 cm³/mol. The third-order valence-corrected chi connectivity index (χ3v) is 5.24. The van der Waals surface area contributed by atoms with Gasteiger partial charge in [0.1, 0.15) is 11.6 Å². The normalized spacial score (nSPS) is 19.9. The summed E-state index contributed by atoms with van der Waals surface area (Å²) in [4.78, 5) is 13.4. The van der Waals surface area contributed by atoms with Gasteiger partial charge in [-0.05, 0) is 42.5 Å². The average molecular weight is 328 g/mol. The Kier molecular flexibility index (Phi) is 3.34. The van der Waals surface area contributed by atoms with Crippen molar-refractivity contribution >= 4 is 29.1 Å². The summed E-state index contributed by atoms with van der Waals surface area (Å²) >= 11 is 1.63. The molecule has 1 atom stereocenters. The standard InChI is InChI=1S/C17H13FN2O2S/c18-11-1-6-15-14(8-11)17-10(9-23-15)7-16(22)20(19-17)12-2-4-13(21)5-3-12/h1-6,8,10,21H,7,9H2. The second-order valence-corrected chi connectivity index (χ2v) is 6.62. The van der Waals surface area contributed by atoms with Crippen LogP contribution in [-0.2, 0) is 4.79 Å². The van der Waals surface area contributed by atoms with E-state index in [0.717, 1.165) is 21.9 Å². The van der Waals surface area contributed by atoms with Crippen LogP contribution >= 0.6 is 11.8 Å². The molecule has 2 aliphatic rings. The number of hydrazone groups is 1. The highest BCUT2D eigenvalue weighted by Gasteiger charge is 2.35. The first kappa shape index (κ1) is 14.3. The molecule has 2 aromatic rings. The Morgan fingerprint density at radius 3 is 2.78 bits per heavy atom. The minimum Gasteiger partial charge on any atom is -0.508 e. The SMILES string of the molecule is O=C1CC2CSc3ccc(F)cc3C2=NN1c1ccc(O)cc1. The molecule has 116 valence electrons. The molecule has 2 aromatic carbocycles. The molecule has 6 heteroatoms. The van der Waals surface area contributed by atoms with Crippen molar-refractivity contribution in [3.63, 3.8) is 0 Å². The maximum absolute atomic E-state index is 13.6. The maximum Gasteiger partial charge on any atom is 0.248 e. The van der Waals surface area contributed by atoms with Crippen LogP contribution in [0.5, 0.6) is 5.75 Å². The van der Waals surface area contributed by atoms with Crippen molar-refractivity contribution in [2.24, 2.45) is 11.0 Å². The first-order valence-corrected chi connectivity index (χ1v) is 8.23. The van der Waals surface area contributed by atoms with Crippen LogP contribution in [0.25, 0.3) is 0 Å². The Balaban J connectivity index is 1.81. The fourth-order valence-corrected chi connectivity index (χ4v) is 4.00. The summed E-state index contributed by atoms with van der Waals surface area (Å²) in [7, 11) is 0. The van der Waals surface area contributed by atoms with Gasteiger partial charge in [0.25, 0.3) is 0 Å². The highest BCUT2D eigenvalue weighted by atomic mass is 32.2. The second-order valence-electron chi connectivity index (χ2n) is 5.56. The molecule has 0 saturated carbocycles. The van der Waals surface area contributed by atoms with Crippen LogP contribution in [0, 0.1) is 11.7 Å². The third kappa shape index (κ3) is 2.49. The van der Waals surface area contributed by atoms with Crippen LogP contribution in [0.3, 0.4) is 0 Å². The summed E-state index contributed by atoms with van der Waals surface area (Å²) in [6, 6.07) is 11.0. The van der Waals surface area contributed by atoms with Gasteiger partial charge in [-0.1, -0.05) is 0 Å². The number of fused-ring (bicyclic) bond motifs is 3. The highest BCUT2D eigenvalue weighted by Crippen LogP contribution is 2.38. The van der Waals surface area contributed by atoms with Gasteiger partial charge < -0.3 is 5.11 Å². The fraction of sp³-hybridized carbons (Fsp3) is 0.176. The number of carbonyl (C=O) groups is 1. The molecule has 0 aromatic heterocycles. The number of amides is 1. The maximum atomic E-state index is 13.6. The Morgan fingerprint density at radius 2 is 2.00 bits per heavy atom. The van der Waals surface area contributed by atoms with Crippen molar-refractivity contribution in [3.8, 4) is 5.75 Å². The zero-order chi connectivity index (χ0) is 16.0. The van der Waals surface area contributed by atoms with Crippen molar-refractivity contribution in [1.29, 1.82) is 0 Å². The lowest BCUT2D eigenvalue weighted by molar-refractivity contribution is -0.119. The zero-order valence-corrected chi connectivity index (χ0v) is 12.9. The lowest BCUT2D eigenvalue weighted by Crippen LogP contribution is -2.39. The van der Waals surface area contributed by atoms with E-state index in [0.29, 0.717) is 12.1 Å². The number of anilines is 1. The van der Waals surface area contributed by atoms with Gasteiger partial charge >= 0.3 is 0 Å². The number of aromatic hydroxyl groups is 1. The largest absolute Gasteiger partial charge is 0.508 e. The van der Waals surface area contributed by atoms with Gasteiger partial charge in [0.2, 0.25) is 5.91 Å². The first-order chi connectivity index (χ1) is 11.1. The topological polar surface area (TPSA) is 52.9 Å². The number of phenolic OH excluding ortho intramolecular Hbond substituents is 1. The quantitative estimate of drug-likeness (QED) is 0.873. The first-order valence-electron chi connectivity index (χ1n) is 7.25. The molecular formula is C17H13FN2O2S. The van der Waals surface area contributed by atoms with Crippen molar-refractivity contribution in [2.75, 3.05) is 10.8 Å². The van der Waals surface area contributed by atoms with E-state index in [1.54, 1.807) is 30.0 Å². The van der Waals surface area contributed by atoms with Gasteiger partial charge in [0.05, 0.1) is 11.4 Å². The fourth-order valence-electron chi connectivity index (χ4n) is 2.86. The molecule has 0 fully saturated rings. The summed E-state index contributed by atoms with van der Waals surface area (Å²) in [5.74, 6) is 0.512. The average Bonchev–Trinajstić information content (AvgIpc) is 2.55. The van der Waals surface area contributed by atoms with Crippen molar-refractivity contribution in [2.45, 2.75) is 11.3 Å². The van der Waals surface area contributed by atoms with E-state index >= 15 is 0 Å². The van der Waals surface area contributed by atoms with Crippen LogP contribution in [0.2, 0.25) is 0 Å². The number of carbonyl (C=O) groups excluding carboxylic acids is 1. The number of thioether (sulfide) groups is 1. The van der Waals surface area contributed by atoms with Crippen LogP contribution in [0.4, 0.5) is 10.1 Å². The van der Waals surface area contributed by atoms with Gasteiger partial charge in [-0.25, -0.2) is 9.40 Å². The molecular weight excluding hydrogens is 315 g/mol. The number of hydrogen-bond acceptors (Lipinski definition) is 4. The summed E-state index contributed by atoms with van der Waals surface area (Å²) in [6.07, 6.45) is 0.350. The summed E-state index contributed by atoms with van der Waals surface area (Å²) < 4.78 is 13.6. The molecule has 4 nitrogen and oxygen atoms in total. The molecule has 2 heterocycles. The van der Waals surface area contributed by atoms with Crippen molar-refractivity contribution in [3.05, 3.63) is 53.8 Å². The van der Waals surface area contributed by atoms with E-state index in [9.17, 15) is 14.3 Å². The van der Waals surface area contributed by atoms with E-state index in [1.807, 2.05) is 0 Å². The molecule has 0 aliphatic carbocycles. The molecule has 1 N–H and O–H groups in total. The molecule has 1 unspecified atom stereocenters.